The van der Waals surface area contributed by atoms with Gasteiger partial charge in [0.25, 0.3) is 0 Å². The number of hydrogen-bond donors (Lipinski definition) is 1. The topological polar surface area (TPSA) is 35.2 Å². The Hall–Kier alpha value is -0.860. The monoisotopic (exact) mass is 207 g/mol. The van der Waals surface area contributed by atoms with E-state index >= 15 is 0 Å². The van der Waals surface area contributed by atoms with Crippen molar-refractivity contribution < 1.29 is 4.74 Å². The van der Waals surface area contributed by atoms with Gasteiger partial charge in [0.1, 0.15) is 0 Å². The Labute approximate surface area is 92.5 Å². The summed E-state index contributed by atoms with van der Waals surface area (Å²) < 4.78 is 5.20. The summed E-state index contributed by atoms with van der Waals surface area (Å²) in [6.07, 6.45) is 14.9. The van der Waals surface area contributed by atoms with Crippen LogP contribution in [0.25, 0.3) is 0 Å². The molecule has 0 bridgehead atoms. The lowest BCUT2D eigenvalue weighted by Gasteiger charge is -2.19. The van der Waals surface area contributed by atoms with E-state index in [1.54, 1.807) is 7.11 Å². The molecule has 0 aromatic heterocycles. The molecule has 1 aliphatic rings. The summed E-state index contributed by atoms with van der Waals surface area (Å²) in [6.45, 7) is 2.02. The van der Waals surface area contributed by atoms with E-state index in [1.807, 2.05) is 19.1 Å². The summed E-state index contributed by atoms with van der Waals surface area (Å²) in [6, 6.07) is 0.132. The van der Waals surface area contributed by atoms with Crippen LogP contribution < -0.4 is 5.73 Å². The van der Waals surface area contributed by atoms with Gasteiger partial charge in [-0.15, -0.1) is 0 Å². The molecule has 0 saturated heterocycles. The van der Waals surface area contributed by atoms with Gasteiger partial charge in [0.2, 0.25) is 0 Å². The lowest BCUT2D eigenvalue weighted by molar-refractivity contribution is 0.0917. The average molecular weight is 207 g/mol. The van der Waals surface area contributed by atoms with E-state index in [4.69, 9.17) is 10.5 Å². The van der Waals surface area contributed by atoms with Crippen molar-refractivity contribution in [3.63, 3.8) is 0 Å². The first-order chi connectivity index (χ1) is 7.24. The Morgan fingerprint density at radius 2 is 1.80 bits per heavy atom. The van der Waals surface area contributed by atoms with Crippen LogP contribution in [0.1, 0.15) is 19.8 Å². The number of nitrogens with two attached hydrogens (primary N) is 1. The molecule has 0 spiro atoms. The van der Waals surface area contributed by atoms with E-state index in [9.17, 15) is 0 Å². The molecule has 0 saturated carbocycles. The fourth-order valence-electron chi connectivity index (χ4n) is 1.59. The van der Waals surface area contributed by atoms with Crippen molar-refractivity contribution >= 4 is 0 Å². The zero-order chi connectivity index (χ0) is 11.1. The summed E-state index contributed by atoms with van der Waals surface area (Å²) >= 11 is 0. The van der Waals surface area contributed by atoms with Crippen molar-refractivity contribution in [2.45, 2.75) is 31.9 Å². The molecular formula is C13H21NO. The molecule has 2 nitrogen and oxygen atoms in total. The van der Waals surface area contributed by atoms with Gasteiger partial charge in [-0.2, -0.15) is 0 Å². The van der Waals surface area contributed by atoms with Crippen LogP contribution in [0, 0.1) is 5.92 Å². The lowest BCUT2D eigenvalue weighted by Crippen LogP contribution is -2.34. The van der Waals surface area contributed by atoms with E-state index in [-0.39, 0.29) is 12.1 Å². The molecule has 0 aromatic rings. The minimum absolute atomic E-state index is 0.132. The summed E-state index contributed by atoms with van der Waals surface area (Å²) in [5, 5.41) is 0. The quantitative estimate of drug-likeness (QED) is 0.751. The molecule has 84 valence electrons. The van der Waals surface area contributed by atoms with Crippen molar-refractivity contribution in [2.75, 3.05) is 7.11 Å². The standard InChI is InChI=1S/C13H21NO/c1-11(15-2)13(14)10-9-12-7-5-3-4-6-8-12/h3-8,11-13H,9-10,14H2,1-2H3. The van der Waals surface area contributed by atoms with Gasteiger partial charge in [-0.1, -0.05) is 36.5 Å². The second-order valence-electron chi connectivity index (χ2n) is 4.00. The highest BCUT2D eigenvalue weighted by molar-refractivity contribution is 5.19. The Kier molecular flexibility index (Phi) is 5.37. The van der Waals surface area contributed by atoms with Crippen LogP contribution in [0.15, 0.2) is 36.5 Å². The van der Waals surface area contributed by atoms with Gasteiger partial charge in [-0.05, 0) is 25.7 Å². The summed E-state index contributed by atoms with van der Waals surface area (Å²) in [5.41, 5.74) is 6.00. The van der Waals surface area contributed by atoms with Crippen LogP contribution in [0.3, 0.4) is 0 Å². The molecule has 0 heterocycles. The smallest absolute Gasteiger partial charge is 0.0694 e. The lowest BCUT2D eigenvalue weighted by atomic mass is 9.97. The zero-order valence-electron chi connectivity index (χ0n) is 9.60. The van der Waals surface area contributed by atoms with Gasteiger partial charge < -0.3 is 10.5 Å². The molecule has 2 unspecified atom stereocenters. The predicted molar refractivity (Wildman–Crippen MR) is 64.6 cm³/mol. The molecule has 0 amide bonds. The normalized spacial score (nSPS) is 20.2. The number of rotatable bonds is 5. The Morgan fingerprint density at radius 3 is 2.33 bits per heavy atom. The molecule has 0 aromatic carbocycles. The number of hydrogen-bond acceptors (Lipinski definition) is 2. The molecule has 0 fully saturated rings. The first kappa shape index (κ1) is 12.2. The maximum absolute atomic E-state index is 6.00. The molecule has 2 atom stereocenters. The van der Waals surface area contributed by atoms with Crippen molar-refractivity contribution in [3.8, 4) is 0 Å². The highest BCUT2D eigenvalue weighted by Gasteiger charge is 2.12. The highest BCUT2D eigenvalue weighted by atomic mass is 16.5. The summed E-state index contributed by atoms with van der Waals surface area (Å²) in [4.78, 5) is 0. The maximum Gasteiger partial charge on any atom is 0.0694 e. The minimum atomic E-state index is 0.132. The third-order valence-electron chi connectivity index (χ3n) is 2.86. The molecule has 1 rings (SSSR count). The van der Waals surface area contributed by atoms with E-state index in [2.05, 4.69) is 24.3 Å². The molecule has 0 radical (unpaired) electrons. The third-order valence-corrected chi connectivity index (χ3v) is 2.86. The van der Waals surface area contributed by atoms with Crippen LogP contribution in [-0.4, -0.2) is 19.3 Å². The first-order valence-electron chi connectivity index (χ1n) is 5.54. The van der Waals surface area contributed by atoms with Crippen molar-refractivity contribution in [1.82, 2.24) is 0 Å². The van der Waals surface area contributed by atoms with E-state index in [0.717, 1.165) is 12.8 Å². The van der Waals surface area contributed by atoms with Crippen molar-refractivity contribution in [3.05, 3.63) is 36.5 Å². The van der Waals surface area contributed by atoms with Crippen LogP contribution in [0.5, 0.6) is 0 Å². The number of ether oxygens (including phenoxy) is 1. The average Bonchev–Trinajstić information content (AvgIpc) is 2.53. The van der Waals surface area contributed by atoms with Gasteiger partial charge in [0.05, 0.1) is 6.10 Å². The van der Waals surface area contributed by atoms with Gasteiger partial charge in [-0.3, -0.25) is 0 Å². The zero-order valence-corrected chi connectivity index (χ0v) is 9.60. The number of allylic oxidation sites excluding steroid dienone is 6. The van der Waals surface area contributed by atoms with Crippen LogP contribution in [-0.2, 0) is 4.74 Å². The Bertz CT molecular complexity index is 239. The largest absolute Gasteiger partial charge is 0.380 e. The van der Waals surface area contributed by atoms with Gasteiger partial charge >= 0.3 is 0 Å². The molecule has 0 aliphatic heterocycles. The van der Waals surface area contributed by atoms with Gasteiger partial charge in [0, 0.05) is 13.2 Å². The molecule has 15 heavy (non-hydrogen) atoms. The van der Waals surface area contributed by atoms with Gasteiger partial charge in [-0.25, -0.2) is 0 Å². The predicted octanol–water partition coefficient (Wildman–Crippen LogP) is 2.43. The fraction of sp³-hybridized carbons (Fsp3) is 0.538. The Morgan fingerprint density at radius 1 is 1.20 bits per heavy atom. The summed E-state index contributed by atoms with van der Waals surface area (Å²) in [5.74, 6) is 0.509. The SMILES string of the molecule is COC(C)C(N)CCC1C=CC=CC=C1. The Balaban J connectivity index is 2.30. The fourth-order valence-corrected chi connectivity index (χ4v) is 1.59. The minimum Gasteiger partial charge on any atom is -0.380 e. The summed E-state index contributed by atoms with van der Waals surface area (Å²) in [7, 11) is 1.71. The van der Waals surface area contributed by atoms with Gasteiger partial charge in [0.15, 0.2) is 0 Å². The maximum atomic E-state index is 6.00. The van der Waals surface area contributed by atoms with Crippen molar-refractivity contribution in [1.29, 1.82) is 0 Å². The highest BCUT2D eigenvalue weighted by Crippen LogP contribution is 2.15. The molecular weight excluding hydrogens is 186 g/mol. The van der Waals surface area contributed by atoms with E-state index in [0.29, 0.717) is 5.92 Å². The molecule has 2 heteroatoms. The van der Waals surface area contributed by atoms with Crippen molar-refractivity contribution in [2.24, 2.45) is 11.7 Å². The molecule has 2 N–H and O–H groups in total. The van der Waals surface area contributed by atoms with E-state index < -0.39 is 0 Å². The first-order valence-corrected chi connectivity index (χ1v) is 5.54. The van der Waals surface area contributed by atoms with E-state index in [1.165, 1.54) is 0 Å². The second kappa shape index (κ2) is 6.59. The number of methoxy groups -OCH3 is 1. The van der Waals surface area contributed by atoms with Crippen LogP contribution in [0.4, 0.5) is 0 Å². The third kappa shape index (κ3) is 4.45. The molecule has 1 aliphatic carbocycles. The van der Waals surface area contributed by atoms with Crippen LogP contribution >= 0.6 is 0 Å². The van der Waals surface area contributed by atoms with Crippen LogP contribution in [0.2, 0.25) is 0 Å². The second-order valence-corrected chi connectivity index (χ2v) is 4.00.